The third-order valence-electron chi connectivity index (χ3n) is 5.02. The first-order valence-electron chi connectivity index (χ1n) is 9.51. The summed E-state index contributed by atoms with van der Waals surface area (Å²) >= 11 is 5.96. The smallest absolute Gasteiger partial charge is 0.222 e. The number of amides is 1. The maximum Gasteiger partial charge on any atom is 0.222 e. The maximum absolute atomic E-state index is 12.6. The number of methoxy groups -OCH3 is 1. The Morgan fingerprint density at radius 3 is 2.63 bits per heavy atom. The lowest BCUT2D eigenvalue weighted by molar-refractivity contribution is -0.131. The number of carbonyl (C=O) groups excluding carboxylic acids is 1. The molecular formula is C22H27ClN2O2. The van der Waals surface area contributed by atoms with Gasteiger partial charge in [0, 0.05) is 44.2 Å². The van der Waals surface area contributed by atoms with Gasteiger partial charge in [0.05, 0.1) is 7.11 Å². The van der Waals surface area contributed by atoms with Crippen molar-refractivity contribution in [1.82, 2.24) is 9.80 Å². The van der Waals surface area contributed by atoms with Crippen molar-refractivity contribution in [2.45, 2.75) is 25.8 Å². The topological polar surface area (TPSA) is 32.8 Å². The lowest BCUT2D eigenvalue weighted by Crippen LogP contribution is -2.35. The number of nitrogens with zero attached hydrogens (tertiary/aromatic N) is 2. The average Bonchev–Trinajstić information content (AvgIpc) is 2.94. The third kappa shape index (κ3) is 5.98. The zero-order chi connectivity index (χ0) is 19.1. The number of carbonyl (C=O) groups is 1. The Bertz CT molecular complexity index is 748. The summed E-state index contributed by atoms with van der Waals surface area (Å²) in [5.74, 6) is 1.08. The Morgan fingerprint density at radius 1 is 1.04 bits per heavy atom. The van der Waals surface area contributed by atoms with Gasteiger partial charge in [0.25, 0.3) is 0 Å². The van der Waals surface area contributed by atoms with Crippen LogP contribution in [0.3, 0.4) is 0 Å². The Labute approximate surface area is 166 Å². The van der Waals surface area contributed by atoms with Crippen LogP contribution in [-0.4, -0.2) is 49.0 Å². The molecule has 0 saturated carbocycles. The van der Waals surface area contributed by atoms with Gasteiger partial charge in [0.1, 0.15) is 5.75 Å². The van der Waals surface area contributed by atoms with Gasteiger partial charge in [-0.05, 0) is 48.2 Å². The van der Waals surface area contributed by atoms with Gasteiger partial charge in [-0.2, -0.15) is 0 Å². The van der Waals surface area contributed by atoms with Crippen molar-refractivity contribution in [1.29, 1.82) is 0 Å². The van der Waals surface area contributed by atoms with Gasteiger partial charge < -0.3 is 9.64 Å². The molecule has 0 bridgehead atoms. The van der Waals surface area contributed by atoms with Crippen molar-refractivity contribution in [2.24, 2.45) is 0 Å². The van der Waals surface area contributed by atoms with Crippen LogP contribution in [0.15, 0.2) is 48.5 Å². The lowest BCUT2D eigenvalue weighted by atomic mass is 10.1. The van der Waals surface area contributed by atoms with Crippen LogP contribution in [0.5, 0.6) is 5.75 Å². The summed E-state index contributed by atoms with van der Waals surface area (Å²) in [7, 11) is 1.66. The first-order valence-corrected chi connectivity index (χ1v) is 9.89. The van der Waals surface area contributed by atoms with E-state index in [1.807, 2.05) is 41.3 Å². The Balaban J connectivity index is 1.48. The maximum atomic E-state index is 12.6. The molecule has 0 atom stereocenters. The van der Waals surface area contributed by atoms with Gasteiger partial charge in [-0.15, -0.1) is 0 Å². The summed E-state index contributed by atoms with van der Waals surface area (Å²) in [4.78, 5) is 17.1. The summed E-state index contributed by atoms with van der Waals surface area (Å²) in [5.41, 5.74) is 2.40. The summed E-state index contributed by atoms with van der Waals surface area (Å²) in [6.07, 6.45) is 2.31. The molecular weight excluding hydrogens is 360 g/mol. The Morgan fingerprint density at radius 2 is 1.85 bits per heavy atom. The highest BCUT2D eigenvalue weighted by Gasteiger charge is 2.19. The molecule has 1 fully saturated rings. The molecule has 0 unspecified atom stereocenters. The molecule has 27 heavy (non-hydrogen) atoms. The van der Waals surface area contributed by atoms with Gasteiger partial charge in [-0.3, -0.25) is 9.69 Å². The van der Waals surface area contributed by atoms with E-state index in [1.165, 1.54) is 5.56 Å². The average molecular weight is 387 g/mol. The molecule has 0 N–H and O–H groups in total. The third-order valence-corrected chi connectivity index (χ3v) is 5.27. The number of hydrogen-bond donors (Lipinski definition) is 0. The zero-order valence-corrected chi connectivity index (χ0v) is 16.6. The molecule has 0 radical (unpaired) electrons. The fourth-order valence-corrected chi connectivity index (χ4v) is 3.59. The molecule has 0 spiro atoms. The number of benzene rings is 2. The number of ether oxygens (including phenoxy) is 1. The number of rotatable bonds is 6. The van der Waals surface area contributed by atoms with Crippen LogP contribution in [0.1, 0.15) is 24.0 Å². The van der Waals surface area contributed by atoms with Crippen LogP contribution < -0.4 is 4.74 Å². The summed E-state index contributed by atoms with van der Waals surface area (Å²) < 4.78 is 5.25. The van der Waals surface area contributed by atoms with E-state index >= 15 is 0 Å². The van der Waals surface area contributed by atoms with Crippen molar-refractivity contribution in [3.63, 3.8) is 0 Å². The standard InChI is InChI=1S/C22H27ClN2O2/c1-27-21-5-2-4-18(16-21)8-11-22(26)25-13-3-12-24(14-15-25)17-19-6-9-20(23)10-7-19/h2,4-7,9-10,16H,3,8,11-15,17H2,1H3. The monoisotopic (exact) mass is 386 g/mol. The molecule has 1 heterocycles. The van der Waals surface area contributed by atoms with E-state index < -0.39 is 0 Å². The lowest BCUT2D eigenvalue weighted by Gasteiger charge is -2.22. The minimum atomic E-state index is 0.242. The number of hydrogen-bond acceptors (Lipinski definition) is 3. The fourth-order valence-electron chi connectivity index (χ4n) is 3.46. The van der Waals surface area contributed by atoms with Gasteiger partial charge in [-0.1, -0.05) is 35.9 Å². The molecule has 1 aliphatic heterocycles. The minimum Gasteiger partial charge on any atom is -0.497 e. The SMILES string of the molecule is COc1cccc(CCC(=O)N2CCCN(Cc3ccc(Cl)cc3)CC2)c1. The predicted molar refractivity (Wildman–Crippen MR) is 109 cm³/mol. The van der Waals surface area contributed by atoms with E-state index in [1.54, 1.807) is 7.11 Å². The zero-order valence-electron chi connectivity index (χ0n) is 15.9. The first kappa shape index (κ1) is 19.7. The Hall–Kier alpha value is -2.04. The normalized spacial score (nSPS) is 15.4. The van der Waals surface area contributed by atoms with E-state index in [-0.39, 0.29) is 5.91 Å². The highest BCUT2D eigenvalue weighted by atomic mass is 35.5. The molecule has 1 saturated heterocycles. The highest BCUT2D eigenvalue weighted by Crippen LogP contribution is 2.16. The van der Waals surface area contributed by atoms with Crippen molar-refractivity contribution in [3.05, 3.63) is 64.7 Å². The Kier molecular flexibility index (Phi) is 7.13. The minimum absolute atomic E-state index is 0.242. The predicted octanol–water partition coefficient (Wildman–Crippen LogP) is 4.02. The summed E-state index contributed by atoms with van der Waals surface area (Å²) in [6, 6.07) is 16.0. The van der Waals surface area contributed by atoms with Gasteiger partial charge in [0.15, 0.2) is 0 Å². The van der Waals surface area contributed by atoms with E-state index in [2.05, 4.69) is 17.0 Å². The van der Waals surface area contributed by atoms with Gasteiger partial charge in [-0.25, -0.2) is 0 Å². The molecule has 2 aromatic carbocycles. The summed E-state index contributed by atoms with van der Waals surface area (Å²) in [6.45, 7) is 4.47. The molecule has 4 nitrogen and oxygen atoms in total. The van der Waals surface area contributed by atoms with Crippen LogP contribution in [0.25, 0.3) is 0 Å². The van der Waals surface area contributed by atoms with E-state index in [9.17, 15) is 4.79 Å². The van der Waals surface area contributed by atoms with Gasteiger partial charge in [0.2, 0.25) is 5.91 Å². The van der Waals surface area contributed by atoms with Crippen LogP contribution in [0.4, 0.5) is 0 Å². The van der Waals surface area contributed by atoms with E-state index in [4.69, 9.17) is 16.3 Å². The first-order chi connectivity index (χ1) is 13.1. The van der Waals surface area contributed by atoms with Crippen molar-refractivity contribution in [3.8, 4) is 5.75 Å². The van der Waals surface area contributed by atoms with Gasteiger partial charge >= 0.3 is 0 Å². The second-order valence-electron chi connectivity index (χ2n) is 6.99. The van der Waals surface area contributed by atoms with Crippen LogP contribution in [0.2, 0.25) is 5.02 Å². The molecule has 0 aromatic heterocycles. The molecule has 1 amide bonds. The van der Waals surface area contributed by atoms with Crippen LogP contribution in [0, 0.1) is 0 Å². The second-order valence-corrected chi connectivity index (χ2v) is 7.42. The largest absolute Gasteiger partial charge is 0.497 e. The molecule has 144 valence electrons. The van der Waals surface area contributed by atoms with E-state index in [0.717, 1.165) is 61.9 Å². The number of aryl methyl sites for hydroxylation is 1. The van der Waals surface area contributed by atoms with Crippen molar-refractivity contribution >= 4 is 17.5 Å². The second kappa shape index (κ2) is 9.77. The van der Waals surface area contributed by atoms with Crippen molar-refractivity contribution in [2.75, 3.05) is 33.3 Å². The van der Waals surface area contributed by atoms with Crippen LogP contribution >= 0.6 is 11.6 Å². The summed E-state index contributed by atoms with van der Waals surface area (Å²) in [5, 5.41) is 0.766. The van der Waals surface area contributed by atoms with Crippen LogP contribution in [-0.2, 0) is 17.8 Å². The molecule has 5 heteroatoms. The quantitative estimate of drug-likeness (QED) is 0.751. The molecule has 1 aliphatic rings. The molecule has 3 rings (SSSR count). The highest BCUT2D eigenvalue weighted by molar-refractivity contribution is 6.30. The molecule has 2 aromatic rings. The number of halogens is 1. The van der Waals surface area contributed by atoms with Crippen molar-refractivity contribution < 1.29 is 9.53 Å². The molecule has 0 aliphatic carbocycles. The van der Waals surface area contributed by atoms with E-state index in [0.29, 0.717) is 6.42 Å². The fraction of sp³-hybridized carbons (Fsp3) is 0.409.